The largest absolute Gasteiger partial charge is 0.490 e. The van der Waals surface area contributed by atoms with Gasteiger partial charge in [0.1, 0.15) is 12.4 Å². The predicted molar refractivity (Wildman–Crippen MR) is 64.1 cm³/mol. The van der Waals surface area contributed by atoms with Crippen LogP contribution in [0.3, 0.4) is 0 Å². The summed E-state index contributed by atoms with van der Waals surface area (Å²) in [5.41, 5.74) is 6.68. The number of nitrogens with two attached hydrogens (primary N) is 1. The van der Waals surface area contributed by atoms with Gasteiger partial charge in [0.2, 0.25) is 0 Å². The van der Waals surface area contributed by atoms with E-state index in [-0.39, 0.29) is 0 Å². The molecule has 0 atom stereocenters. The van der Waals surface area contributed by atoms with Crippen molar-refractivity contribution in [3.05, 3.63) is 42.0 Å². The quantitative estimate of drug-likeness (QED) is 0.724. The molecule has 0 bridgehead atoms. The topological polar surface area (TPSA) is 35.2 Å². The van der Waals surface area contributed by atoms with E-state index in [1.54, 1.807) is 0 Å². The lowest BCUT2D eigenvalue weighted by molar-refractivity contribution is 0.362. The van der Waals surface area contributed by atoms with Crippen LogP contribution in [0.1, 0.15) is 18.9 Å². The summed E-state index contributed by atoms with van der Waals surface area (Å²) in [6, 6.07) is 8.26. The maximum atomic E-state index is 5.50. The number of hydrogen-bond acceptors (Lipinski definition) is 2. The summed E-state index contributed by atoms with van der Waals surface area (Å²) in [4.78, 5) is 0. The van der Waals surface area contributed by atoms with Crippen molar-refractivity contribution in [2.45, 2.75) is 19.8 Å². The van der Waals surface area contributed by atoms with Crippen LogP contribution in [0.4, 0.5) is 0 Å². The highest BCUT2D eigenvalue weighted by Gasteiger charge is 1.93. The lowest BCUT2D eigenvalue weighted by Gasteiger charge is -2.04. The lowest BCUT2D eigenvalue weighted by atomic mass is 10.1. The summed E-state index contributed by atoms with van der Waals surface area (Å²) in [6.07, 6.45) is 6.14. The molecule has 1 aromatic carbocycles. The molecule has 0 radical (unpaired) electrons. The molecule has 0 fully saturated rings. The van der Waals surface area contributed by atoms with E-state index < -0.39 is 0 Å². The number of benzene rings is 1. The second-order valence-electron chi connectivity index (χ2n) is 3.41. The van der Waals surface area contributed by atoms with Crippen LogP contribution in [0.25, 0.3) is 0 Å². The molecule has 2 heteroatoms. The average molecular weight is 205 g/mol. The average Bonchev–Trinajstić information content (AvgIpc) is 2.27. The second kappa shape index (κ2) is 7.07. The molecule has 0 aliphatic carbocycles. The van der Waals surface area contributed by atoms with Gasteiger partial charge in [-0.3, -0.25) is 0 Å². The summed E-state index contributed by atoms with van der Waals surface area (Å²) >= 11 is 0. The van der Waals surface area contributed by atoms with Crippen LogP contribution >= 0.6 is 0 Å². The standard InChI is InChI=1S/C13H19NO/c1-2-5-12-6-8-13(9-7-12)15-11-4-3-10-14/h3-4,6-9H,2,5,10-11,14H2,1H3. The summed E-state index contributed by atoms with van der Waals surface area (Å²) in [5.74, 6) is 0.913. The summed E-state index contributed by atoms with van der Waals surface area (Å²) in [5, 5.41) is 0. The van der Waals surface area contributed by atoms with Gasteiger partial charge < -0.3 is 10.5 Å². The minimum absolute atomic E-state index is 0.568. The van der Waals surface area contributed by atoms with Crippen molar-refractivity contribution in [1.29, 1.82) is 0 Å². The van der Waals surface area contributed by atoms with Gasteiger partial charge in [-0.05, 0) is 24.1 Å². The van der Waals surface area contributed by atoms with E-state index in [0.29, 0.717) is 13.2 Å². The molecule has 0 spiro atoms. The number of ether oxygens (including phenoxy) is 1. The number of aryl methyl sites for hydroxylation is 1. The molecule has 0 aromatic heterocycles. The molecule has 15 heavy (non-hydrogen) atoms. The van der Waals surface area contributed by atoms with Crippen molar-refractivity contribution < 1.29 is 4.74 Å². The first-order valence-electron chi connectivity index (χ1n) is 5.43. The first-order chi connectivity index (χ1) is 7.36. The van der Waals surface area contributed by atoms with Crippen molar-refractivity contribution in [3.63, 3.8) is 0 Å². The molecule has 1 rings (SSSR count). The van der Waals surface area contributed by atoms with Gasteiger partial charge in [0, 0.05) is 6.54 Å². The summed E-state index contributed by atoms with van der Waals surface area (Å²) in [6.45, 7) is 3.34. The molecule has 0 saturated heterocycles. The van der Waals surface area contributed by atoms with Crippen molar-refractivity contribution in [2.24, 2.45) is 5.73 Å². The Labute approximate surface area is 91.7 Å². The fourth-order valence-electron chi connectivity index (χ4n) is 1.35. The molecule has 0 amide bonds. The van der Waals surface area contributed by atoms with E-state index in [9.17, 15) is 0 Å². The highest BCUT2D eigenvalue weighted by molar-refractivity contribution is 5.27. The molecule has 0 aliphatic rings. The third-order valence-corrected chi connectivity index (χ3v) is 2.11. The molecule has 0 heterocycles. The SMILES string of the molecule is CCCc1ccc(OCC=CCN)cc1. The van der Waals surface area contributed by atoms with Crippen LogP contribution < -0.4 is 10.5 Å². The fourth-order valence-corrected chi connectivity index (χ4v) is 1.35. The Kier molecular flexibility index (Phi) is 5.56. The molecule has 0 aliphatic heterocycles. The third kappa shape index (κ3) is 4.66. The van der Waals surface area contributed by atoms with Gasteiger partial charge in [-0.2, -0.15) is 0 Å². The monoisotopic (exact) mass is 205 g/mol. The van der Waals surface area contributed by atoms with Crippen LogP contribution in [0.5, 0.6) is 5.75 Å². The highest BCUT2D eigenvalue weighted by atomic mass is 16.5. The second-order valence-corrected chi connectivity index (χ2v) is 3.41. The Balaban J connectivity index is 2.39. The third-order valence-electron chi connectivity index (χ3n) is 2.11. The van der Waals surface area contributed by atoms with Gasteiger partial charge in [0.25, 0.3) is 0 Å². The van der Waals surface area contributed by atoms with E-state index in [4.69, 9.17) is 10.5 Å². The molecule has 1 aromatic rings. The molecule has 2 nitrogen and oxygen atoms in total. The van der Waals surface area contributed by atoms with Crippen LogP contribution in [0.2, 0.25) is 0 Å². The molecular weight excluding hydrogens is 186 g/mol. The van der Waals surface area contributed by atoms with E-state index >= 15 is 0 Å². The van der Waals surface area contributed by atoms with Gasteiger partial charge in [-0.15, -0.1) is 0 Å². The van der Waals surface area contributed by atoms with Crippen LogP contribution in [0, 0.1) is 0 Å². The summed E-state index contributed by atoms with van der Waals surface area (Å²) in [7, 11) is 0. The first kappa shape index (κ1) is 11.8. The maximum absolute atomic E-state index is 5.50. The zero-order valence-corrected chi connectivity index (χ0v) is 9.28. The Hall–Kier alpha value is -1.28. The smallest absolute Gasteiger partial charge is 0.119 e. The van der Waals surface area contributed by atoms with E-state index in [1.807, 2.05) is 24.3 Å². The van der Waals surface area contributed by atoms with Crippen LogP contribution in [-0.2, 0) is 6.42 Å². The number of rotatable bonds is 6. The van der Waals surface area contributed by atoms with E-state index in [1.165, 1.54) is 12.0 Å². The van der Waals surface area contributed by atoms with Crippen LogP contribution in [-0.4, -0.2) is 13.2 Å². The zero-order chi connectivity index (χ0) is 10.9. The fraction of sp³-hybridized carbons (Fsp3) is 0.385. The maximum Gasteiger partial charge on any atom is 0.119 e. The van der Waals surface area contributed by atoms with Gasteiger partial charge in [-0.1, -0.05) is 37.6 Å². The van der Waals surface area contributed by atoms with Crippen molar-refractivity contribution in [3.8, 4) is 5.75 Å². The Morgan fingerprint density at radius 2 is 1.93 bits per heavy atom. The molecular formula is C13H19NO. The number of hydrogen-bond donors (Lipinski definition) is 1. The van der Waals surface area contributed by atoms with Crippen molar-refractivity contribution in [1.82, 2.24) is 0 Å². The van der Waals surface area contributed by atoms with Gasteiger partial charge >= 0.3 is 0 Å². The molecule has 0 unspecified atom stereocenters. The minimum atomic E-state index is 0.568. The lowest BCUT2D eigenvalue weighted by Crippen LogP contribution is -1.97. The van der Waals surface area contributed by atoms with Crippen molar-refractivity contribution >= 4 is 0 Å². The van der Waals surface area contributed by atoms with Gasteiger partial charge in [0.05, 0.1) is 0 Å². The van der Waals surface area contributed by atoms with Gasteiger partial charge in [-0.25, -0.2) is 0 Å². The van der Waals surface area contributed by atoms with Crippen molar-refractivity contribution in [2.75, 3.05) is 13.2 Å². The Bertz CT molecular complexity index is 290. The predicted octanol–water partition coefficient (Wildman–Crippen LogP) is 2.53. The van der Waals surface area contributed by atoms with E-state index in [0.717, 1.165) is 12.2 Å². The zero-order valence-electron chi connectivity index (χ0n) is 9.28. The normalized spacial score (nSPS) is 10.8. The Morgan fingerprint density at radius 1 is 1.20 bits per heavy atom. The molecule has 82 valence electrons. The minimum Gasteiger partial charge on any atom is -0.490 e. The van der Waals surface area contributed by atoms with E-state index in [2.05, 4.69) is 19.1 Å². The highest BCUT2D eigenvalue weighted by Crippen LogP contribution is 2.13. The molecule has 0 saturated carbocycles. The first-order valence-corrected chi connectivity index (χ1v) is 5.43. The summed E-state index contributed by atoms with van der Waals surface area (Å²) < 4.78 is 5.50. The molecule has 2 N–H and O–H groups in total. The van der Waals surface area contributed by atoms with Crippen LogP contribution in [0.15, 0.2) is 36.4 Å². The van der Waals surface area contributed by atoms with Gasteiger partial charge in [0.15, 0.2) is 0 Å². The Morgan fingerprint density at radius 3 is 2.53 bits per heavy atom.